The molecule has 2 aromatic carbocycles. The van der Waals surface area contributed by atoms with Crippen molar-refractivity contribution in [2.45, 2.75) is 36.9 Å². The van der Waals surface area contributed by atoms with E-state index in [4.69, 9.17) is 14.2 Å². The number of methoxy groups -OCH3 is 2. The molecule has 2 heterocycles. The van der Waals surface area contributed by atoms with E-state index in [0.29, 0.717) is 6.04 Å². The first-order valence-corrected chi connectivity index (χ1v) is 9.53. The van der Waals surface area contributed by atoms with E-state index in [0.717, 1.165) is 12.8 Å². The predicted octanol–water partition coefficient (Wildman–Crippen LogP) is 3.18. The van der Waals surface area contributed by atoms with E-state index in [-0.39, 0.29) is 36.7 Å². The number of carbonyl (C=O) groups excluding carboxylic acids is 1. The van der Waals surface area contributed by atoms with Gasteiger partial charge >= 0.3 is 5.97 Å². The number of nitrogens with zero attached hydrogens (tertiary/aromatic N) is 1. The molecule has 0 aromatic heterocycles. The van der Waals surface area contributed by atoms with Crippen molar-refractivity contribution in [3.8, 4) is 0 Å². The second kappa shape index (κ2) is 7.58. The number of benzene rings is 2. The number of esters is 1. The molecule has 2 saturated heterocycles. The number of likely N-dealkylation sites (N-methyl/N-ethyl adjacent to an activating group) is 1. The molecular weight excluding hydrogens is 342 g/mol. The molecule has 5 nitrogen and oxygen atoms in total. The monoisotopic (exact) mass is 369 g/mol. The molecule has 2 aromatic rings. The van der Waals surface area contributed by atoms with E-state index in [1.54, 1.807) is 7.11 Å². The molecule has 5 heteroatoms. The van der Waals surface area contributed by atoms with Crippen LogP contribution in [0.1, 0.15) is 24.3 Å². The first-order valence-electron chi connectivity index (χ1n) is 9.53. The van der Waals surface area contributed by atoms with Crippen LogP contribution in [-0.4, -0.2) is 57.1 Å². The molecule has 0 N–H and O–H groups in total. The molecule has 0 saturated carbocycles. The summed E-state index contributed by atoms with van der Waals surface area (Å²) in [6.45, 7) is 0.246. The number of rotatable bonds is 5. The normalized spacial score (nSPS) is 30.6. The zero-order valence-electron chi connectivity index (χ0n) is 16.1. The highest BCUT2D eigenvalue weighted by Gasteiger charge is 2.54. The highest BCUT2D eigenvalue weighted by atomic mass is 16.7. The van der Waals surface area contributed by atoms with Crippen molar-refractivity contribution in [2.24, 2.45) is 5.92 Å². The van der Waals surface area contributed by atoms with Crippen molar-refractivity contribution in [2.75, 3.05) is 28.1 Å². The lowest BCUT2D eigenvalue weighted by Gasteiger charge is -2.42. The topological polar surface area (TPSA) is 48.0 Å². The van der Waals surface area contributed by atoms with Gasteiger partial charge in [0.2, 0.25) is 0 Å². The number of hydrogen-bond donors (Lipinski definition) is 0. The van der Waals surface area contributed by atoms with Gasteiger partial charge in [0.05, 0.1) is 19.1 Å². The van der Waals surface area contributed by atoms with Gasteiger partial charge in [0.1, 0.15) is 6.79 Å². The van der Waals surface area contributed by atoms with Gasteiger partial charge in [0.15, 0.2) is 0 Å². The smallest absolute Gasteiger partial charge is 0.310 e. The summed E-state index contributed by atoms with van der Waals surface area (Å²) in [5, 5.41) is 2.42. The number of carbonyl (C=O) groups is 1. The molecule has 27 heavy (non-hydrogen) atoms. The number of piperidine rings is 1. The summed E-state index contributed by atoms with van der Waals surface area (Å²) in [5.74, 6) is -0.275. The SMILES string of the molecule is COCO[C@@H]1CC2C[C@@H](c3ccc4ccccc4c3)[C@H](C(=O)OC)C1N2C. The molecule has 2 fully saturated rings. The molecule has 2 bridgehead atoms. The standard InChI is InChI=1S/C22H27NO4/c1-23-17-11-18(16-9-8-14-6-4-5-7-15(14)10-16)20(22(24)26-3)21(23)19(12-17)27-13-25-2/h4-10,17-21H,11-13H2,1-3H3/t17?,18-,19+,20-,21?/m0/s1. The number of fused-ring (bicyclic) bond motifs is 3. The molecule has 5 atom stereocenters. The summed E-state index contributed by atoms with van der Waals surface area (Å²) in [6.07, 6.45) is 1.83. The second-order valence-electron chi connectivity index (χ2n) is 7.65. The van der Waals surface area contributed by atoms with Gasteiger partial charge in [-0.25, -0.2) is 0 Å². The van der Waals surface area contributed by atoms with Gasteiger partial charge in [-0.3, -0.25) is 9.69 Å². The second-order valence-corrected chi connectivity index (χ2v) is 7.65. The zero-order valence-corrected chi connectivity index (χ0v) is 16.1. The van der Waals surface area contributed by atoms with Crippen LogP contribution < -0.4 is 0 Å². The third-order valence-electron chi connectivity index (χ3n) is 6.33. The molecule has 0 radical (unpaired) electrons. The van der Waals surface area contributed by atoms with E-state index >= 15 is 0 Å². The summed E-state index contributed by atoms with van der Waals surface area (Å²) in [6, 6.07) is 15.3. The highest BCUT2D eigenvalue weighted by Crippen LogP contribution is 2.48. The summed E-state index contributed by atoms with van der Waals surface area (Å²) in [7, 11) is 5.20. The van der Waals surface area contributed by atoms with E-state index in [2.05, 4.69) is 48.3 Å². The van der Waals surface area contributed by atoms with Crippen molar-refractivity contribution >= 4 is 16.7 Å². The minimum atomic E-state index is -0.248. The maximum Gasteiger partial charge on any atom is 0.310 e. The van der Waals surface area contributed by atoms with Crippen LogP contribution in [0.5, 0.6) is 0 Å². The largest absolute Gasteiger partial charge is 0.469 e. The average Bonchev–Trinajstić information content (AvgIpc) is 2.89. The molecule has 2 aliphatic rings. The van der Waals surface area contributed by atoms with Crippen LogP contribution in [0, 0.1) is 5.92 Å². The van der Waals surface area contributed by atoms with E-state index < -0.39 is 0 Å². The molecule has 2 aliphatic heterocycles. The predicted molar refractivity (Wildman–Crippen MR) is 104 cm³/mol. The third-order valence-corrected chi connectivity index (χ3v) is 6.33. The minimum Gasteiger partial charge on any atom is -0.469 e. The fourth-order valence-corrected chi connectivity index (χ4v) is 5.05. The van der Waals surface area contributed by atoms with Crippen LogP contribution in [0.3, 0.4) is 0 Å². The lowest BCUT2D eigenvalue weighted by atomic mass is 9.75. The number of hydrogen-bond acceptors (Lipinski definition) is 5. The molecule has 0 amide bonds. The Kier molecular flexibility index (Phi) is 5.17. The Morgan fingerprint density at radius 1 is 1.11 bits per heavy atom. The fourth-order valence-electron chi connectivity index (χ4n) is 5.05. The van der Waals surface area contributed by atoms with Gasteiger partial charge in [0.25, 0.3) is 0 Å². The lowest BCUT2D eigenvalue weighted by molar-refractivity contribution is -0.154. The van der Waals surface area contributed by atoms with Crippen LogP contribution in [0.4, 0.5) is 0 Å². The Labute approximate surface area is 160 Å². The maximum atomic E-state index is 12.8. The van der Waals surface area contributed by atoms with Crippen LogP contribution in [-0.2, 0) is 19.0 Å². The highest BCUT2D eigenvalue weighted by molar-refractivity contribution is 5.83. The molecular formula is C22H27NO4. The summed E-state index contributed by atoms with van der Waals surface area (Å²) in [4.78, 5) is 15.1. The lowest BCUT2D eigenvalue weighted by Crippen LogP contribution is -2.52. The fraction of sp³-hybridized carbons (Fsp3) is 0.500. The Morgan fingerprint density at radius 2 is 1.89 bits per heavy atom. The zero-order chi connectivity index (χ0) is 19.0. The first kappa shape index (κ1) is 18.4. The van der Waals surface area contributed by atoms with Crippen LogP contribution in [0.25, 0.3) is 10.8 Å². The maximum absolute atomic E-state index is 12.8. The van der Waals surface area contributed by atoms with Gasteiger partial charge < -0.3 is 14.2 Å². The minimum absolute atomic E-state index is 0.00261. The van der Waals surface area contributed by atoms with Crippen molar-refractivity contribution < 1.29 is 19.0 Å². The Bertz CT molecular complexity index is 823. The number of ether oxygens (including phenoxy) is 3. The average molecular weight is 369 g/mol. The Morgan fingerprint density at radius 3 is 2.63 bits per heavy atom. The molecule has 0 spiro atoms. The molecule has 0 aliphatic carbocycles. The van der Waals surface area contributed by atoms with Gasteiger partial charge in [-0.15, -0.1) is 0 Å². The third kappa shape index (κ3) is 3.24. The summed E-state index contributed by atoms with van der Waals surface area (Å²) >= 11 is 0. The van der Waals surface area contributed by atoms with Crippen molar-refractivity contribution in [1.82, 2.24) is 4.90 Å². The molecule has 4 rings (SSSR count). The quantitative estimate of drug-likeness (QED) is 0.598. The Hall–Kier alpha value is -1.95. The van der Waals surface area contributed by atoms with Crippen LogP contribution in [0.2, 0.25) is 0 Å². The van der Waals surface area contributed by atoms with Crippen LogP contribution in [0.15, 0.2) is 42.5 Å². The van der Waals surface area contributed by atoms with Gasteiger partial charge in [-0.2, -0.15) is 0 Å². The van der Waals surface area contributed by atoms with Gasteiger partial charge in [0, 0.05) is 25.1 Å². The summed E-state index contributed by atoms with van der Waals surface area (Å²) in [5.41, 5.74) is 1.21. The van der Waals surface area contributed by atoms with E-state index in [1.807, 2.05) is 6.07 Å². The van der Waals surface area contributed by atoms with Crippen molar-refractivity contribution in [3.63, 3.8) is 0 Å². The Balaban J connectivity index is 1.71. The van der Waals surface area contributed by atoms with Crippen molar-refractivity contribution in [1.29, 1.82) is 0 Å². The van der Waals surface area contributed by atoms with Crippen molar-refractivity contribution in [3.05, 3.63) is 48.0 Å². The van der Waals surface area contributed by atoms with E-state index in [9.17, 15) is 4.79 Å². The summed E-state index contributed by atoms with van der Waals surface area (Å²) < 4.78 is 16.3. The van der Waals surface area contributed by atoms with Crippen LogP contribution >= 0.6 is 0 Å². The molecule has 144 valence electrons. The van der Waals surface area contributed by atoms with Gasteiger partial charge in [-0.05, 0) is 36.2 Å². The van der Waals surface area contributed by atoms with Gasteiger partial charge in [-0.1, -0.05) is 42.5 Å². The molecule has 2 unspecified atom stereocenters. The van der Waals surface area contributed by atoms with E-state index in [1.165, 1.54) is 23.4 Å². The first-order chi connectivity index (χ1) is 13.1.